The molecular weight excluding hydrogens is 182 g/mol. The van der Waals surface area contributed by atoms with Crippen LogP contribution in [0, 0.1) is 11.8 Å². The van der Waals surface area contributed by atoms with E-state index in [1.54, 1.807) is 0 Å². The van der Waals surface area contributed by atoms with E-state index in [1.165, 1.54) is 5.56 Å². The van der Waals surface area contributed by atoms with Gasteiger partial charge in [0.15, 0.2) is 0 Å². The average Bonchev–Trinajstić information content (AvgIpc) is 2.30. The molecule has 1 heteroatoms. The number of rotatable bonds is 5. The highest BCUT2D eigenvalue weighted by atomic mass is 14.8. The van der Waals surface area contributed by atoms with E-state index in [-0.39, 0.29) is 0 Å². The monoisotopic (exact) mass is 201 g/mol. The summed E-state index contributed by atoms with van der Waals surface area (Å²) in [5.74, 6) is 6.49. The summed E-state index contributed by atoms with van der Waals surface area (Å²) in [5, 5.41) is 3.31. The molecule has 0 heterocycles. The molecule has 80 valence electrons. The van der Waals surface area contributed by atoms with Gasteiger partial charge in [-0.2, -0.15) is 0 Å². The van der Waals surface area contributed by atoms with Crippen molar-refractivity contribution in [3.63, 3.8) is 0 Å². The standard InChI is InChI=1S/C14H19N/c1-3-4-11-15-12-10-13(2)14-8-6-5-7-9-14/h5-9,13,15H,10-12H2,1-2H3. The van der Waals surface area contributed by atoms with Crippen LogP contribution in [0.1, 0.15) is 31.7 Å². The minimum atomic E-state index is 0.619. The van der Waals surface area contributed by atoms with E-state index in [2.05, 4.69) is 54.4 Å². The van der Waals surface area contributed by atoms with Gasteiger partial charge in [0.25, 0.3) is 0 Å². The lowest BCUT2D eigenvalue weighted by molar-refractivity contribution is 0.622. The predicted molar refractivity (Wildman–Crippen MR) is 65.8 cm³/mol. The molecule has 0 aromatic heterocycles. The molecule has 0 spiro atoms. The normalized spacial score (nSPS) is 11.6. The van der Waals surface area contributed by atoms with Gasteiger partial charge in [0, 0.05) is 0 Å². The third-order valence-electron chi connectivity index (χ3n) is 2.51. The molecule has 0 saturated heterocycles. The minimum Gasteiger partial charge on any atom is -0.306 e. The van der Waals surface area contributed by atoms with Gasteiger partial charge in [-0.25, -0.2) is 0 Å². The first-order chi connectivity index (χ1) is 7.34. The Labute approximate surface area is 92.9 Å². The van der Waals surface area contributed by atoms with Gasteiger partial charge in [0.1, 0.15) is 0 Å². The summed E-state index contributed by atoms with van der Waals surface area (Å²) in [6.07, 6.45) is 1.16. The Morgan fingerprint density at radius 3 is 2.67 bits per heavy atom. The molecule has 0 aliphatic rings. The van der Waals surface area contributed by atoms with Gasteiger partial charge in [-0.05, 0) is 31.4 Å². The molecule has 1 N–H and O–H groups in total. The molecule has 1 aromatic carbocycles. The quantitative estimate of drug-likeness (QED) is 0.570. The van der Waals surface area contributed by atoms with Crippen molar-refractivity contribution in [3.05, 3.63) is 35.9 Å². The first-order valence-electron chi connectivity index (χ1n) is 5.50. The molecule has 1 aromatic rings. The van der Waals surface area contributed by atoms with Gasteiger partial charge < -0.3 is 5.32 Å². The van der Waals surface area contributed by atoms with Gasteiger partial charge in [0.05, 0.1) is 6.54 Å². The molecule has 0 aliphatic carbocycles. The highest BCUT2D eigenvalue weighted by Gasteiger charge is 2.02. The zero-order chi connectivity index (χ0) is 10.9. The fourth-order valence-corrected chi connectivity index (χ4v) is 1.51. The van der Waals surface area contributed by atoms with E-state index in [0.29, 0.717) is 5.92 Å². The van der Waals surface area contributed by atoms with Crippen molar-refractivity contribution in [1.82, 2.24) is 5.32 Å². The molecule has 0 saturated carbocycles. The van der Waals surface area contributed by atoms with E-state index in [9.17, 15) is 0 Å². The topological polar surface area (TPSA) is 12.0 Å². The van der Waals surface area contributed by atoms with Crippen LogP contribution < -0.4 is 5.32 Å². The second-order valence-corrected chi connectivity index (χ2v) is 3.70. The summed E-state index contributed by atoms with van der Waals surface area (Å²) in [6, 6.07) is 10.6. The third kappa shape index (κ3) is 4.67. The van der Waals surface area contributed by atoms with Crippen molar-refractivity contribution in [2.45, 2.75) is 26.2 Å². The van der Waals surface area contributed by atoms with Gasteiger partial charge in [0.2, 0.25) is 0 Å². The Hall–Kier alpha value is -1.26. The van der Waals surface area contributed by atoms with Crippen LogP contribution in [0.2, 0.25) is 0 Å². The molecule has 0 amide bonds. The van der Waals surface area contributed by atoms with Crippen LogP contribution in [0.5, 0.6) is 0 Å². The molecule has 0 fully saturated rings. The fraction of sp³-hybridized carbons (Fsp3) is 0.429. The van der Waals surface area contributed by atoms with Crippen LogP contribution >= 0.6 is 0 Å². The van der Waals surface area contributed by atoms with Crippen LogP contribution in [0.3, 0.4) is 0 Å². The van der Waals surface area contributed by atoms with Crippen molar-refractivity contribution in [2.24, 2.45) is 0 Å². The first-order valence-corrected chi connectivity index (χ1v) is 5.50. The van der Waals surface area contributed by atoms with E-state index < -0.39 is 0 Å². The third-order valence-corrected chi connectivity index (χ3v) is 2.51. The largest absolute Gasteiger partial charge is 0.306 e. The highest BCUT2D eigenvalue weighted by Crippen LogP contribution is 2.17. The molecule has 15 heavy (non-hydrogen) atoms. The van der Waals surface area contributed by atoms with Gasteiger partial charge >= 0.3 is 0 Å². The lowest BCUT2D eigenvalue weighted by atomic mass is 9.98. The minimum absolute atomic E-state index is 0.619. The maximum absolute atomic E-state index is 3.31. The van der Waals surface area contributed by atoms with Gasteiger partial charge in [-0.3, -0.25) is 0 Å². The van der Waals surface area contributed by atoms with E-state index >= 15 is 0 Å². The van der Waals surface area contributed by atoms with Crippen molar-refractivity contribution in [1.29, 1.82) is 0 Å². The average molecular weight is 201 g/mol. The molecule has 1 rings (SSSR count). The summed E-state index contributed by atoms with van der Waals surface area (Å²) < 4.78 is 0. The highest BCUT2D eigenvalue weighted by molar-refractivity contribution is 5.18. The maximum Gasteiger partial charge on any atom is 0.0576 e. The second-order valence-electron chi connectivity index (χ2n) is 3.70. The fourth-order valence-electron chi connectivity index (χ4n) is 1.51. The van der Waals surface area contributed by atoms with Crippen LogP contribution in [-0.4, -0.2) is 13.1 Å². The van der Waals surface area contributed by atoms with Crippen LogP contribution in [0.25, 0.3) is 0 Å². The molecule has 1 nitrogen and oxygen atoms in total. The first kappa shape index (κ1) is 11.8. The van der Waals surface area contributed by atoms with Gasteiger partial charge in [-0.15, -0.1) is 5.92 Å². The Balaban J connectivity index is 2.24. The molecule has 1 atom stereocenters. The SMILES string of the molecule is CC#CCNCCC(C)c1ccccc1. The number of nitrogens with one attached hydrogen (secondary N) is 1. The summed E-state index contributed by atoms with van der Waals surface area (Å²) in [4.78, 5) is 0. The lowest BCUT2D eigenvalue weighted by Gasteiger charge is -2.11. The maximum atomic E-state index is 3.31. The molecule has 1 unspecified atom stereocenters. The van der Waals surface area contributed by atoms with Gasteiger partial charge in [-0.1, -0.05) is 43.2 Å². The summed E-state index contributed by atoms with van der Waals surface area (Å²) in [7, 11) is 0. The molecule has 0 bridgehead atoms. The van der Waals surface area contributed by atoms with Crippen molar-refractivity contribution >= 4 is 0 Å². The van der Waals surface area contributed by atoms with Crippen molar-refractivity contribution in [2.75, 3.05) is 13.1 Å². The Morgan fingerprint density at radius 1 is 1.27 bits per heavy atom. The summed E-state index contributed by atoms with van der Waals surface area (Å²) in [6.45, 7) is 5.97. The Bertz CT molecular complexity index is 318. The second kappa shape index (κ2) is 7.09. The molecule has 0 aliphatic heterocycles. The van der Waals surface area contributed by atoms with Crippen molar-refractivity contribution in [3.8, 4) is 11.8 Å². The molecule has 0 radical (unpaired) electrons. The number of hydrogen-bond donors (Lipinski definition) is 1. The lowest BCUT2D eigenvalue weighted by Crippen LogP contribution is -2.17. The molecular formula is C14H19N. The number of hydrogen-bond acceptors (Lipinski definition) is 1. The zero-order valence-electron chi connectivity index (χ0n) is 9.59. The van der Waals surface area contributed by atoms with E-state index in [1.807, 2.05) is 6.92 Å². The predicted octanol–water partition coefficient (Wildman–Crippen LogP) is 2.79. The van der Waals surface area contributed by atoms with Crippen LogP contribution in [0.15, 0.2) is 30.3 Å². The zero-order valence-corrected chi connectivity index (χ0v) is 9.59. The van der Waals surface area contributed by atoms with Crippen LogP contribution in [-0.2, 0) is 0 Å². The summed E-state index contributed by atoms with van der Waals surface area (Å²) in [5.41, 5.74) is 1.42. The van der Waals surface area contributed by atoms with Crippen molar-refractivity contribution < 1.29 is 0 Å². The van der Waals surface area contributed by atoms with E-state index in [0.717, 1.165) is 19.5 Å². The van der Waals surface area contributed by atoms with E-state index in [4.69, 9.17) is 0 Å². The van der Waals surface area contributed by atoms with Crippen LogP contribution in [0.4, 0.5) is 0 Å². The smallest absolute Gasteiger partial charge is 0.0576 e. The Morgan fingerprint density at radius 2 is 2.00 bits per heavy atom. The Kier molecular flexibility index (Phi) is 5.58. The number of benzene rings is 1. The summed E-state index contributed by atoms with van der Waals surface area (Å²) >= 11 is 0.